The average Bonchev–Trinajstić information content (AvgIpc) is 3.67. The number of aryl methyl sites for hydroxylation is 1. The molecule has 1 aliphatic carbocycles. The molecule has 42 heavy (non-hydrogen) atoms. The Morgan fingerprint density at radius 3 is 2.62 bits per heavy atom. The Morgan fingerprint density at radius 1 is 1.17 bits per heavy atom. The molecule has 3 saturated heterocycles. The number of anilines is 1. The molecule has 1 aromatic heterocycles. The van der Waals surface area contributed by atoms with Gasteiger partial charge in [-0.3, -0.25) is 14.4 Å². The third-order valence-corrected chi connectivity index (χ3v) is 10.5. The minimum Gasteiger partial charge on any atom is -0.366 e. The number of likely N-dealkylation sites (tertiary alicyclic amines) is 1. The third kappa shape index (κ3) is 5.68. The number of thiazole rings is 1. The van der Waals surface area contributed by atoms with E-state index in [1.807, 2.05) is 6.92 Å². The van der Waals surface area contributed by atoms with Crippen molar-refractivity contribution in [3.63, 3.8) is 0 Å². The van der Waals surface area contributed by atoms with Crippen molar-refractivity contribution >= 4 is 45.7 Å². The lowest BCUT2D eigenvalue weighted by Gasteiger charge is -2.34. The maximum atomic E-state index is 15.1. The van der Waals surface area contributed by atoms with Gasteiger partial charge in [0.15, 0.2) is 10.9 Å². The highest BCUT2D eigenvalue weighted by Gasteiger charge is 2.53. The van der Waals surface area contributed by atoms with Gasteiger partial charge in [-0.25, -0.2) is 4.98 Å². The first-order valence-corrected chi connectivity index (χ1v) is 16.1. The van der Waals surface area contributed by atoms with Crippen molar-refractivity contribution in [2.75, 3.05) is 51.3 Å². The van der Waals surface area contributed by atoms with E-state index in [9.17, 15) is 14.4 Å². The number of benzene rings is 1. The fourth-order valence-electron chi connectivity index (χ4n) is 6.74. The first-order chi connectivity index (χ1) is 20.2. The summed E-state index contributed by atoms with van der Waals surface area (Å²) in [4.78, 5) is 50.6. The molecule has 0 bridgehead atoms. The number of ketones is 1. The number of amides is 2. The minimum absolute atomic E-state index is 0.0297. The summed E-state index contributed by atoms with van der Waals surface area (Å²) in [7, 11) is 2.07. The first kappa shape index (κ1) is 29.5. The number of nitrogens with one attached hydrogen (secondary N) is 1. The number of rotatable bonds is 6. The van der Waals surface area contributed by atoms with Gasteiger partial charge >= 0.3 is 0 Å². The van der Waals surface area contributed by atoms with Crippen LogP contribution in [0.5, 0.6) is 0 Å². The monoisotopic (exact) mass is 617 g/mol. The van der Waals surface area contributed by atoms with Gasteiger partial charge in [-0.2, -0.15) is 4.39 Å². The zero-order valence-electron chi connectivity index (χ0n) is 24.0. The molecule has 0 radical (unpaired) electrons. The van der Waals surface area contributed by atoms with Crippen molar-refractivity contribution < 1.29 is 23.5 Å². The average molecular weight is 618 g/mol. The van der Waals surface area contributed by atoms with Crippen LogP contribution in [0, 0.1) is 18.0 Å². The molecule has 9 nitrogen and oxygen atoms in total. The Morgan fingerprint density at radius 2 is 1.90 bits per heavy atom. The van der Waals surface area contributed by atoms with Crippen molar-refractivity contribution in [1.82, 2.24) is 20.1 Å². The first-order valence-electron chi connectivity index (χ1n) is 14.8. The topological polar surface area (TPSA) is 95.1 Å². The molecule has 4 atom stereocenters. The molecule has 1 aromatic carbocycles. The van der Waals surface area contributed by atoms with Gasteiger partial charge in [0, 0.05) is 43.9 Å². The number of ether oxygens (including phenoxy) is 1. The molecule has 0 spiro atoms. The second-order valence-corrected chi connectivity index (χ2v) is 13.5. The van der Waals surface area contributed by atoms with Crippen molar-refractivity contribution in [1.29, 1.82) is 0 Å². The number of carbonyl (C=O) groups is 3. The number of halogens is 2. The Bertz CT molecular complexity index is 1360. The Labute approximate surface area is 254 Å². The number of alkyl halides is 1. The lowest BCUT2D eigenvalue weighted by atomic mass is 9.83. The van der Waals surface area contributed by atoms with Gasteiger partial charge in [-0.15, -0.1) is 11.6 Å². The molecule has 1 saturated carbocycles. The van der Waals surface area contributed by atoms with E-state index in [1.54, 1.807) is 18.2 Å². The number of carbonyl (C=O) groups excluding carboxylic acids is 3. The largest absolute Gasteiger partial charge is 0.366 e. The van der Waals surface area contributed by atoms with E-state index in [4.69, 9.17) is 16.3 Å². The SMILES string of the molecule is Cc1cc(C(=O)NC(C(=O)N2CC(Cl)C3OCC(=O)C32)C2CCCCC2)ccc1-c1nc(N2CCN(C)CC2)sc1F. The number of hydrogen-bond donors (Lipinski definition) is 1. The van der Waals surface area contributed by atoms with Crippen LogP contribution in [0.25, 0.3) is 11.3 Å². The van der Waals surface area contributed by atoms with Gasteiger partial charge in [-0.1, -0.05) is 36.7 Å². The molecule has 1 N–H and O–H groups in total. The molecular formula is C30H37ClFN5O4S. The maximum absolute atomic E-state index is 15.1. The Kier molecular flexibility index (Phi) is 8.55. The summed E-state index contributed by atoms with van der Waals surface area (Å²) >= 11 is 7.51. The second kappa shape index (κ2) is 12.2. The molecule has 12 heteroatoms. The van der Waals surface area contributed by atoms with Gasteiger partial charge in [-0.05, 0) is 50.4 Å². The Hall–Kier alpha value is -2.60. The fourth-order valence-corrected chi connectivity index (χ4v) is 7.96. The molecule has 6 rings (SSSR count). The van der Waals surface area contributed by atoms with Crippen LogP contribution >= 0.6 is 22.9 Å². The van der Waals surface area contributed by atoms with Crippen LogP contribution in [0.1, 0.15) is 48.0 Å². The molecule has 2 aromatic rings. The van der Waals surface area contributed by atoms with E-state index in [0.717, 1.165) is 75.2 Å². The minimum atomic E-state index is -0.768. The summed E-state index contributed by atoms with van der Waals surface area (Å²) in [5.41, 5.74) is 2.03. The van der Waals surface area contributed by atoms with Gasteiger partial charge in [0.25, 0.3) is 5.91 Å². The van der Waals surface area contributed by atoms with Gasteiger partial charge in [0.2, 0.25) is 11.0 Å². The van der Waals surface area contributed by atoms with Crippen molar-refractivity contribution in [3.8, 4) is 11.3 Å². The predicted octanol–water partition coefficient (Wildman–Crippen LogP) is 3.47. The number of Topliss-reactive ketones (excluding diaryl/α,β-unsaturated/α-hetero) is 1. The molecule has 4 heterocycles. The number of piperazine rings is 1. The van der Waals surface area contributed by atoms with Crippen LogP contribution in [-0.4, -0.2) is 102 Å². The molecule has 226 valence electrons. The fraction of sp³-hybridized carbons (Fsp3) is 0.600. The number of hydrogen-bond acceptors (Lipinski definition) is 8. The zero-order valence-corrected chi connectivity index (χ0v) is 25.6. The summed E-state index contributed by atoms with van der Waals surface area (Å²) in [6.07, 6.45) is 4.21. The van der Waals surface area contributed by atoms with Gasteiger partial charge < -0.3 is 24.8 Å². The predicted molar refractivity (Wildman–Crippen MR) is 160 cm³/mol. The smallest absolute Gasteiger partial charge is 0.251 e. The van der Waals surface area contributed by atoms with E-state index >= 15 is 4.39 Å². The van der Waals surface area contributed by atoms with Crippen LogP contribution < -0.4 is 10.2 Å². The molecule has 4 aliphatic rings. The zero-order chi connectivity index (χ0) is 29.5. The van der Waals surface area contributed by atoms with Gasteiger partial charge in [0.05, 0.1) is 5.38 Å². The standard InChI is InChI=1S/C30H37ClFN5O4S/c1-17-14-19(8-9-20(17)24-27(32)42-30(34-24)36-12-10-35(2)11-13-36)28(39)33-23(18-6-4-3-5-7-18)29(40)37-15-21(31)26-25(37)22(38)16-41-26/h8-9,14,18,21,23,25-26H,3-7,10-13,15-16H2,1-2H3,(H,33,39). The normalized spacial score (nSPS) is 26.0. The number of fused-ring (bicyclic) bond motifs is 1. The summed E-state index contributed by atoms with van der Waals surface area (Å²) < 4.78 is 20.7. The van der Waals surface area contributed by atoms with E-state index in [2.05, 4.69) is 27.1 Å². The van der Waals surface area contributed by atoms with Crippen LogP contribution in [-0.2, 0) is 14.3 Å². The molecular weight excluding hydrogens is 581 g/mol. The number of aromatic nitrogens is 1. The van der Waals surface area contributed by atoms with E-state index in [1.165, 1.54) is 4.90 Å². The number of nitrogens with zero attached hydrogens (tertiary/aromatic N) is 4. The lowest BCUT2D eigenvalue weighted by molar-refractivity contribution is -0.139. The van der Waals surface area contributed by atoms with Crippen molar-refractivity contribution in [2.45, 2.75) is 62.6 Å². The summed E-state index contributed by atoms with van der Waals surface area (Å²) in [5, 5.41) is 2.87. The van der Waals surface area contributed by atoms with Crippen LogP contribution in [0.3, 0.4) is 0 Å². The summed E-state index contributed by atoms with van der Waals surface area (Å²) in [6, 6.07) is 3.63. The summed E-state index contributed by atoms with van der Waals surface area (Å²) in [5.74, 6) is -0.835. The Balaban J connectivity index is 1.21. The lowest BCUT2D eigenvalue weighted by Crippen LogP contribution is -2.55. The third-order valence-electron chi connectivity index (χ3n) is 9.17. The van der Waals surface area contributed by atoms with E-state index in [0.29, 0.717) is 16.3 Å². The van der Waals surface area contributed by atoms with Gasteiger partial charge in [0.1, 0.15) is 30.5 Å². The highest BCUT2D eigenvalue weighted by atomic mass is 35.5. The van der Waals surface area contributed by atoms with Crippen molar-refractivity contribution in [3.05, 3.63) is 34.5 Å². The molecule has 4 fully saturated rings. The van der Waals surface area contributed by atoms with Crippen LogP contribution in [0.4, 0.5) is 9.52 Å². The molecule has 2 amide bonds. The molecule has 3 aliphatic heterocycles. The van der Waals surface area contributed by atoms with Crippen molar-refractivity contribution in [2.24, 2.45) is 5.92 Å². The van der Waals surface area contributed by atoms with Crippen LogP contribution in [0.2, 0.25) is 0 Å². The molecule has 4 unspecified atom stereocenters. The van der Waals surface area contributed by atoms with E-state index < -0.39 is 23.6 Å². The van der Waals surface area contributed by atoms with E-state index in [-0.39, 0.29) is 47.5 Å². The number of likely N-dealkylation sites (N-methyl/N-ethyl adjacent to an activating group) is 1. The maximum Gasteiger partial charge on any atom is 0.251 e. The second-order valence-electron chi connectivity index (χ2n) is 12.0. The van der Waals surface area contributed by atoms with Crippen LogP contribution in [0.15, 0.2) is 18.2 Å². The highest BCUT2D eigenvalue weighted by molar-refractivity contribution is 7.14. The highest BCUT2D eigenvalue weighted by Crippen LogP contribution is 2.36. The summed E-state index contributed by atoms with van der Waals surface area (Å²) in [6.45, 7) is 5.40. The quantitative estimate of drug-likeness (QED) is 0.496.